The molecule has 0 aromatic rings. The molecule has 0 amide bonds. The molecular weight excluding hydrogens is 208 g/mol. The number of rotatable bonds is 8. The Labute approximate surface area is 97.6 Å². The van der Waals surface area contributed by atoms with Gasteiger partial charge >= 0.3 is 0 Å². The van der Waals surface area contributed by atoms with Gasteiger partial charge in [0.2, 0.25) is 0 Å². The van der Waals surface area contributed by atoms with E-state index in [4.69, 9.17) is 5.11 Å². The Hall–Kier alpha value is 0.230. The average Bonchev–Trinajstić information content (AvgIpc) is 2.71. The van der Waals surface area contributed by atoms with Gasteiger partial charge in [-0.2, -0.15) is 11.8 Å². The Balaban J connectivity index is 2.16. The van der Waals surface area contributed by atoms with Crippen LogP contribution in [-0.2, 0) is 0 Å². The van der Waals surface area contributed by atoms with Crippen molar-refractivity contribution in [3.63, 3.8) is 0 Å². The minimum absolute atomic E-state index is 0.284. The van der Waals surface area contributed by atoms with Crippen molar-refractivity contribution in [2.45, 2.75) is 25.3 Å². The molecule has 1 aliphatic heterocycles. The predicted molar refractivity (Wildman–Crippen MR) is 67.5 cm³/mol. The highest BCUT2D eigenvalue weighted by Crippen LogP contribution is 2.07. The van der Waals surface area contributed by atoms with Gasteiger partial charge in [0, 0.05) is 19.1 Å². The molecular formula is C11H24N2OS. The molecule has 0 bridgehead atoms. The summed E-state index contributed by atoms with van der Waals surface area (Å²) in [5.41, 5.74) is 0. The highest BCUT2D eigenvalue weighted by molar-refractivity contribution is 7.98. The van der Waals surface area contributed by atoms with Gasteiger partial charge in [-0.15, -0.1) is 0 Å². The van der Waals surface area contributed by atoms with Gasteiger partial charge in [0.25, 0.3) is 0 Å². The van der Waals surface area contributed by atoms with Crippen molar-refractivity contribution in [3.05, 3.63) is 0 Å². The van der Waals surface area contributed by atoms with E-state index < -0.39 is 0 Å². The summed E-state index contributed by atoms with van der Waals surface area (Å²) in [4.78, 5) is 2.39. The van der Waals surface area contributed by atoms with Crippen LogP contribution in [0.1, 0.15) is 19.3 Å². The molecule has 0 spiro atoms. The SMILES string of the molecule is CSCCCN(CCO)CC1CCCN1. The summed E-state index contributed by atoms with van der Waals surface area (Å²) in [6, 6.07) is 0.658. The van der Waals surface area contributed by atoms with Crippen molar-refractivity contribution in [3.8, 4) is 0 Å². The summed E-state index contributed by atoms with van der Waals surface area (Å²) < 4.78 is 0. The molecule has 0 aromatic carbocycles. The maximum atomic E-state index is 9.00. The molecule has 1 atom stereocenters. The Morgan fingerprint density at radius 2 is 2.33 bits per heavy atom. The second-order valence-electron chi connectivity index (χ2n) is 4.16. The minimum atomic E-state index is 0.284. The average molecular weight is 232 g/mol. The lowest BCUT2D eigenvalue weighted by molar-refractivity contribution is 0.185. The second-order valence-corrected chi connectivity index (χ2v) is 5.15. The monoisotopic (exact) mass is 232 g/mol. The van der Waals surface area contributed by atoms with Crippen LogP contribution < -0.4 is 5.32 Å². The summed E-state index contributed by atoms with van der Waals surface area (Å²) in [5.74, 6) is 1.22. The Kier molecular flexibility index (Phi) is 7.44. The van der Waals surface area contributed by atoms with Crippen LogP contribution in [0.3, 0.4) is 0 Å². The zero-order valence-corrected chi connectivity index (χ0v) is 10.6. The van der Waals surface area contributed by atoms with E-state index in [-0.39, 0.29) is 6.61 Å². The molecule has 0 aliphatic carbocycles. The van der Waals surface area contributed by atoms with E-state index in [1.807, 2.05) is 11.8 Å². The van der Waals surface area contributed by atoms with Gasteiger partial charge in [-0.3, -0.25) is 4.90 Å². The number of aliphatic hydroxyl groups excluding tert-OH is 1. The normalized spacial score (nSPS) is 21.4. The molecule has 15 heavy (non-hydrogen) atoms. The van der Waals surface area contributed by atoms with Crippen molar-refractivity contribution in [1.82, 2.24) is 10.2 Å². The van der Waals surface area contributed by atoms with Crippen LogP contribution in [0.4, 0.5) is 0 Å². The number of hydrogen-bond donors (Lipinski definition) is 2. The number of nitrogens with zero attached hydrogens (tertiary/aromatic N) is 1. The first-order valence-corrected chi connectivity index (χ1v) is 7.31. The van der Waals surface area contributed by atoms with Crippen LogP contribution >= 0.6 is 11.8 Å². The summed E-state index contributed by atoms with van der Waals surface area (Å²) in [6.45, 7) is 4.51. The Bertz CT molecular complexity index is 152. The fourth-order valence-electron chi connectivity index (χ4n) is 2.09. The number of thioether (sulfide) groups is 1. The number of hydrogen-bond acceptors (Lipinski definition) is 4. The fraction of sp³-hybridized carbons (Fsp3) is 1.00. The maximum absolute atomic E-state index is 9.00. The van der Waals surface area contributed by atoms with Gasteiger partial charge in [0.15, 0.2) is 0 Å². The lowest BCUT2D eigenvalue weighted by Crippen LogP contribution is -2.39. The number of aliphatic hydroxyl groups is 1. The Morgan fingerprint density at radius 3 is 2.93 bits per heavy atom. The van der Waals surface area contributed by atoms with E-state index in [0.29, 0.717) is 6.04 Å². The summed E-state index contributed by atoms with van der Waals surface area (Å²) in [5, 5.41) is 12.5. The van der Waals surface area contributed by atoms with Crippen molar-refractivity contribution >= 4 is 11.8 Å². The van der Waals surface area contributed by atoms with Crippen LogP contribution in [0.25, 0.3) is 0 Å². The van der Waals surface area contributed by atoms with Crippen molar-refractivity contribution < 1.29 is 5.11 Å². The predicted octanol–water partition coefficient (Wildman–Crippen LogP) is 0.786. The molecule has 1 heterocycles. The molecule has 1 aliphatic rings. The summed E-state index contributed by atoms with van der Waals surface area (Å²) in [6.07, 6.45) is 5.98. The molecule has 3 nitrogen and oxygen atoms in total. The van der Waals surface area contributed by atoms with Crippen LogP contribution in [0.15, 0.2) is 0 Å². The molecule has 1 unspecified atom stereocenters. The largest absolute Gasteiger partial charge is 0.395 e. The third-order valence-electron chi connectivity index (χ3n) is 2.88. The van der Waals surface area contributed by atoms with Crippen molar-refractivity contribution in [1.29, 1.82) is 0 Å². The molecule has 1 fully saturated rings. The standard InChI is InChI=1S/C11H24N2OS/c1-15-9-3-6-13(7-8-14)10-11-4-2-5-12-11/h11-12,14H,2-10H2,1H3. The van der Waals surface area contributed by atoms with Gasteiger partial charge in [-0.1, -0.05) is 0 Å². The van der Waals surface area contributed by atoms with Crippen LogP contribution in [0, 0.1) is 0 Å². The summed E-state index contributed by atoms with van der Waals surface area (Å²) >= 11 is 1.90. The van der Waals surface area contributed by atoms with E-state index in [2.05, 4.69) is 16.5 Å². The first-order chi connectivity index (χ1) is 7.36. The molecule has 1 saturated heterocycles. The van der Waals surface area contributed by atoms with E-state index >= 15 is 0 Å². The zero-order valence-electron chi connectivity index (χ0n) is 9.74. The van der Waals surface area contributed by atoms with E-state index in [9.17, 15) is 0 Å². The van der Waals surface area contributed by atoms with Crippen molar-refractivity contribution in [2.75, 3.05) is 44.8 Å². The summed E-state index contributed by atoms with van der Waals surface area (Å²) in [7, 11) is 0. The third-order valence-corrected chi connectivity index (χ3v) is 3.58. The maximum Gasteiger partial charge on any atom is 0.0558 e. The van der Waals surface area contributed by atoms with Gasteiger partial charge in [-0.25, -0.2) is 0 Å². The Morgan fingerprint density at radius 1 is 1.47 bits per heavy atom. The van der Waals surface area contributed by atoms with Crippen molar-refractivity contribution in [2.24, 2.45) is 0 Å². The molecule has 1 rings (SSSR count). The lowest BCUT2D eigenvalue weighted by Gasteiger charge is -2.24. The van der Waals surface area contributed by atoms with Gasteiger partial charge in [0.1, 0.15) is 0 Å². The third kappa shape index (κ3) is 5.76. The molecule has 90 valence electrons. The highest BCUT2D eigenvalue weighted by atomic mass is 32.2. The minimum Gasteiger partial charge on any atom is -0.395 e. The highest BCUT2D eigenvalue weighted by Gasteiger charge is 2.17. The lowest BCUT2D eigenvalue weighted by atomic mass is 10.2. The molecule has 2 N–H and O–H groups in total. The smallest absolute Gasteiger partial charge is 0.0558 e. The molecule has 0 saturated carbocycles. The number of nitrogens with one attached hydrogen (secondary N) is 1. The van der Waals surface area contributed by atoms with Gasteiger partial charge in [-0.05, 0) is 44.4 Å². The molecule has 0 aromatic heterocycles. The quantitative estimate of drug-likeness (QED) is 0.607. The van der Waals surface area contributed by atoms with Crippen LogP contribution in [0.5, 0.6) is 0 Å². The molecule has 0 radical (unpaired) electrons. The van der Waals surface area contributed by atoms with Crippen LogP contribution in [0.2, 0.25) is 0 Å². The fourth-order valence-corrected chi connectivity index (χ4v) is 2.51. The first-order valence-electron chi connectivity index (χ1n) is 5.92. The topological polar surface area (TPSA) is 35.5 Å². The second kappa shape index (κ2) is 8.39. The van der Waals surface area contributed by atoms with E-state index in [1.54, 1.807) is 0 Å². The van der Waals surface area contributed by atoms with Gasteiger partial charge in [0.05, 0.1) is 6.61 Å². The zero-order chi connectivity index (χ0) is 10.9. The van der Waals surface area contributed by atoms with E-state index in [0.717, 1.165) is 19.6 Å². The molecule has 4 heteroatoms. The first kappa shape index (κ1) is 13.3. The van der Waals surface area contributed by atoms with Crippen LogP contribution in [-0.4, -0.2) is 60.8 Å². The van der Waals surface area contributed by atoms with E-state index in [1.165, 1.54) is 31.6 Å². The van der Waals surface area contributed by atoms with Gasteiger partial charge < -0.3 is 10.4 Å².